The highest BCUT2D eigenvalue weighted by Crippen LogP contribution is 2.49. The van der Waals surface area contributed by atoms with Crippen LogP contribution in [-0.4, -0.2) is 5.97 Å². The molecule has 2 unspecified atom stereocenters. The number of carbonyl (C=O) groups is 1. The third-order valence-corrected chi connectivity index (χ3v) is 9.16. The van der Waals surface area contributed by atoms with Gasteiger partial charge >= 0.3 is 5.97 Å². The molecule has 0 N–H and O–H groups in total. The Morgan fingerprint density at radius 1 is 0.791 bits per heavy atom. The standard InChI is InChI=1S/C40H41NO2/c1-4-30(2)27-40(36-16-7-5-8-17-36,37-18-9-6-10-19-37)29-39(3,22-13-23-41)38(42)43-28-31-20-21-34-25-32-14-11-12-15-33(32)26-35(34)24-31/h5-12,14-21,24-26,30H,4,13,22,27-29H2,1-3H3. The molecule has 5 aromatic rings. The Kier molecular flexibility index (Phi) is 9.27. The highest BCUT2D eigenvalue weighted by Gasteiger charge is 2.46. The minimum Gasteiger partial charge on any atom is -0.460 e. The summed E-state index contributed by atoms with van der Waals surface area (Å²) in [4.78, 5) is 14.1. The van der Waals surface area contributed by atoms with Crippen molar-refractivity contribution < 1.29 is 9.53 Å². The van der Waals surface area contributed by atoms with E-state index in [-0.39, 0.29) is 19.0 Å². The summed E-state index contributed by atoms with van der Waals surface area (Å²) in [5.41, 5.74) is 2.07. The van der Waals surface area contributed by atoms with Gasteiger partial charge in [0.2, 0.25) is 0 Å². The van der Waals surface area contributed by atoms with Crippen LogP contribution < -0.4 is 0 Å². The first-order valence-electron chi connectivity index (χ1n) is 15.4. The van der Waals surface area contributed by atoms with Gasteiger partial charge in [-0.05, 0) is 88.5 Å². The smallest absolute Gasteiger partial charge is 0.312 e. The number of nitriles is 1. The summed E-state index contributed by atoms with van der Waals surface area (Å²) < 4.78 is 6.13. The van der Waals surface area contributed by atoms with E-state index in [0.29, 0.717) is 18.8 Å². The predicted octanol–water partition coefficient (Wildman–Crippen LogP) is 10.2. The van der Waals surface area contributed by atoms with Crippen LogP contribution in [0, 0.1) is 22.7 Å². The van der Waals surface area contributed by atoms with Crippen molar-refractivity contribution in [3.8, 4) is 6.07 Å². The number of ether oxygens (including phenoxy) is 1. The molecule has 0 heterocycles. The number of rotatable bonds is 12. The van der Waals surface area contributed by atoms with Gasteiger partial charge in [-0.15, -0.1) is 0 Å². The molecule has 0 aliphatic carbocycles. The minimum absolute atomic E-state index is 0.193. The van der Waals surface area contributed by atoms with Crippen LogP contribution in [0.25, 0.3) is 21.5 Å². The zero-order valence-corrected chi connectivity index (χ0v) is 25.6. The maximum atomic E-state index is 14.1. The Balaban J connectivity index is 1.48. The van der Waals surface area contributed by atoms with Crippen molar-refractivity contribution in [3.63, 3.8) is 0 Å². The molecule has 3 heteroatoms. The summed E-state index contributed by atoms with van der Waals surface area (Å²) in [6.45, 7) is 6.70. The lowest BCUT2D eigenvalue weighted by Gasteiger charge is -2.43. The number of esters is 1. The van der Waals surface area contributed by atoms with Gasteiger partial charge in [0, 0.05) is 11.8 Å². The van der Waals surface area contributed by atoms with Crippen molar-refractivity contribution in [2.45, 2.75) is 64.9 Å². The molecule has 0 bridgehead atoms. The Bertz CT molecular complexity index is 1680. The molecule has 0 aliphatic heterocycles. The monoisotopic (exact) mass is 567 g/mol. The lowest BCUT2D eigenvalue weighted by Crippen LogP contribution is -2.41. The lowest BCUT2D eigenvalue weighted by atomic mass is 9.60. The molecule has 0 saturated heterocycles. The molecule has 43 heavy (non-hydrogen) atoms. The van der Waals surface area contributed by atoms with E-state index in [9.17, 15) is 10.1 Å². The van der Waals surface area contributed by atoms with Gasteiger partial charge in [-0.25, -0.2) is 0 Å². The number of fused-ring (bicyclic) bond motifs is 2. The summed E-state index contributed by atoms with van der Waals surface area (Å²) in [7, 11) is 0. The lowest BCUT2D eigenvalue weighted by molar-refractivity contribution is -0.158. The second-order valence-corrected chi connectivity index (χ2v) is 12.4. The molecule has 0 aromatic heterocycles. The quantitative estimate of drug-likeness (QED) is 0.111. The second-order valence-electron chi connectivity index (χ2n) is 12.4. The number of hydrogen-bond donors (Lipinski definition) is 0. The van der Waals surface area contributed by atoms with E-state index in [1.165, 1.54) is 21.9 Å². The van der Waals surface area contributed by atoms with Gasteiger partial charge in [-0.3, -0.25) is 4.79 Å². The highest BCUT2D eigenvalue weighted by atomic mass is 16.5. The molecular weight excluding hydrogens is 526 g/mol. The molecule has 0 saturated carbocycles. The van der Waals surface area contributed by atoms with E-state index in [4.69, 9.17) is 4.74 Å². The molecule has 0 amide bonds. The summed E-state index contributed by atoms with van der Waals surface area (Å²) in [5.74, 6) is 0.187. The van der Waals surface area contributed by atoms with Crippen molar-refractivity contribution in [2.75, 3.05) is 0 Å². The van der Waals surface area contributed by atoms with Crippen LogP contribution in [0.3, 0.4) is 0 Å². The van der Waals surface area contributed by atoms with Crippen molar-refractivity contribution in [1.29, 1.82) is 5.26 Å². The number of benzene rings is 5. The minimum atomic E-state index is -0.859. The molecule has 0 spiro atoms. The van der Waals surface area contributed by atoms with Gasteiger partial charge in [-0.1, -0.05) is 117 Å². The van der Waals surface area contributed by atoms with E-state index in [1.54, 1.807) is 0 Å². The van der Waals surface area contributed by atoms with Crippen LogP contribution in [0.15, 0.2) is 115 Å². The third kappa shape index (κ3) is 6.65. The zero-order valence-electron chi connectivity index (χ0n) is 25.6. The fourth-order valence-corrected chi connectivity index (χ4v) is 6.60. The molecular formula is C40H41NO2. The van der Waals surface area contributed by atoms with Crippen LogP contribution in [0.2, 0.25) is 0 Å². The van der Waals surface area contributed by atoms with Crippen LogP contribution in [0.4, 0.5) is 0 Å². The second kappa shape index (κ2) is 13.3. The van der Waals surface area contributed by atoms with Crippen molar-refractivity contribution in [2.24, 2.45) is 11.3 Å². The first kappa shape index (κ1) is 30.1. The normalized spacial score (nSPS) is 13.7. The Hall–Kier alpha value is -4.42. The fourth-order valence-electron chi connectivity index (χ4n) is 6.60. The van der Waals surface area contributed by atoms with Gasteiger partial charge < -0.3 is 4.74 Å². The van der Waals surface area contributed by atoms with Gasteiger partial charge in [0.25, 0.3) is 0 Å². The van der Waals surface area contributed by atoms with Crippen LogP contribution in [-0.2, 0) is 21.6 Å². The van der Waals surface area contributed by atoms with E-state index in [0.717, 1.165) is 29.2 Å². The summed E-state index contributed by atoms with van der Waals surface area (Å²) >= 11 is 0. The third-order valence-electron chi connectivity index (χ3n) is 9.16. The fraction of sp³-hybridized carbons (Fsp3) is 0.300. The summed E-state index contributed by atoms with van der Waals surface area (Å²) in [6.07, 6.45) is 3.22. The predicted molar refractivity (Wildman–Crippen MR) is 177 cm³/mol. The van der Waals surface area contributed by atoms with Gasteiger partial charge in [0.15, 0.2) is 0 Å². The molecule has 0 fully saturated rings. The number of hydrogen-bond acceptors (Lipinski definition) is 3. The van der Waals surface area contributed by atoms with Crippen LogP contribution in [0.1, 0.15) is 69.6 Å². The van der Waals surface area contributed by atoms with E-state index < -0.39 is 10.8 Å². The van der Waals surface area contributed by atoms with E-state index in [1.807, 2.05) is 31.2 Å². The first-order chi connectivity index (χ1) is 20.9. The molecule has 5 aromatic carbocycles. The van der Waals surface area contributed by atoms with E-state index >= 15 is 0 Å². The van der Waals surface area contributed by atoms with Crippen LogP contribution >= 0.6 is 0 Å². The molecule has 3 nitrogen and oxygen atoms in total. The molecule has 5 rings (SSSR count). The maximum absolute atomic E-state index is 14.1. The Labute approximate surface area is 256 Å². The largest absolute Gasteiger partial charge is 0.460 e. The Morgan fingerprint density at radius 2 is 1.35 bits per heavy atom. The van der Waals surface area contributed by atoms with Gasteiger partial charge in [0.05, 0.1) is 11.5 Å². The summed E-state index contributed by atoms with van der Waals surface area (Å²) in [6, 6.07) is 42.4. The number of nitrogens with zero attached hydrogens (tertiary/aromatic N) is 1. The van der Waals surface area contributed by atoms with Crippen molar-refractivity contribution >= 4 is 27.5 Å². The van der Waals surface area contributed by atoms with E-state index in [2.05, 4.69) is 111 Å². The Morgan fingerprint density at radius 3 is 1.93 bits per heavy atom. The molecule has 218 valence electrons. The number of carbonyl (C=O) groups excluding carboxylic acids is 1. The van der Waals surface area contributed by atoms with Gasteiger partial charge in [-0.2, -0.15) is 5.26 Å². The van der Waals surface area contributed by atoms with Crippen molar-refractivity contribution in [3.05, 3.63) is 132 Å². The highest BCUT2D eigenvalue weighted by molar-refractivity contribution is 5.98. The van der Waals surface area contributed by atoms with Crippen LogP contribution in [0.5, 0.6) is 0 Å². The maximum Gasteiger partial charge on any atom is 0.312 e. The topological polar surface area (TPSA) is 50.1 Å². The van der Waals surface area contributed by atoms with Gasteiger partial charge in [0.1, 0.15) is 6.61 Å². The summed E-state index contributed by atoms with van der Waals surface area (Å²) in [5, 5.41) is 14.3. The molecule has 0 radical (unpaired) electrons. The first-order valence-corrected chi connectivity index (χ1v) is 15.4. The SMILES string of the molecule is CCC(C)CC(CC(C)(CCC#N)C(=O)OCc1ccc2cc3ccccc3cc2c1)(c1ccccc1)c1ccccc1. The molecule has 0 aliphatic rings. The van der Waals surface area contributed by atoms with Crippen molar-refractivity contribution in [1.82, 2.24) is 0 Å². The average molecular weight is 568 g/mol. The average Bonchev–Trinajstić information content (AvgIpc) is 3.05. The zero-order chi connectivity index (χ0) is 30.3. The molecule has 2 atom stereocenters.